The summed E-state index contributed by atoms with van der Waals surface area (Å²) in [6, 6.07) is 4.41. The first kappa shape index (κ1) is 17.9. The molecule has 0 aliphatic heterocycles. The molecule has 2 aromatic rings. The minimum Gasteiger partial charge on any atom is -0.497 e. The van der Waals surface area contributed by atoms with Crippen LogP contribution in [0.2, 0.25) is 0 Å². The molecule has 0 unspecified atom stereocenters. The Morgan fingerprint density at radius 1 is 0.875 bits per heavy atom. The van der Waals surface area contributed by atoms with Crippen molar-refractivity contribution in [2.45, 2.75) is 0 Å². The molecule has 0 aliphatic carbocycles. The van der Waals surface area contributed by atoms with Crippen molar-refractivity contribution in [3.8, 4) is 11.5 Å². The lowest BCUT2D eigenvalue weighted by Crippen LogP contribution is -2.18. The summed E-state index contributed by atoms with van der Waals surface area (Å²) in [5.41, 5.74) is -1.10. The maximum absolute atomic E-state index is 13.8. The fourth-order valence-corrected chi connectivity index (χ4v) is 2.19. The zero-order valence-corrected chi connectivity index (χ0v) is 13.2. The van der Waals surface area contributed by atoms with Crippen LogP contribution in [0.1, 0.15) is 5.56 Å². The van der Waals surface area contributed by atoms with E-state index >= 15 is 0 Å². The third-order valence-corrected chi connectivity index (χ3v) is 3.40. The van der Waals surface area contributed by atoms with Crippen molar-refractivity contribution in [2.75, 3.05) is 19.5 Å². The van der Waals surface area contributed by atoms with Crippen molar-refractivity contribution < 1.29 is 31.4 Å². The van der Waals surface area contributed by atoms with E-state index in [4.69, 9.17) is 21.7 Å². The predicted molar refractivity (Wildman–Crippen MR) is 81.1 cm³/mol. The molecule has 2 aromatic carbocycles. The Labute approximate surface area is 139 Å². The van der Waals surface area contributed by atoms with Crippen molar-refractivity contribution in [3.63, 3.8) is 0 Å². The van der Waals surface area contributed by atoms with Gasteiger partial charge in [0.25, 0.3) is 0 Å². The molecule has 0 aliphatic rings. The molecule has 2 rings (SSSR count). The molecule has 0 fully saturated rings. The second-order valence-electron chi connectivity index (χ2n) is 4.47. The molecule has 0 heterocycles. The minimum absolute atomic E-state index is 0.130. The largest absolute Gasteiger partial charge is 0.497 e. The van der Waals surface area contributed by atoms with Gasteiger partial charge in [-0.2, -0.15) is 0 Å². The second-order valence-corrected chi connectivity index (χ2v) is 4.87. The molecule has 24 heavy (non-hydrogen) atoms. The summed E-state index contributed by atoms with van der Waals surface area (Å²) in [5.74, 6) is -9.87. The van der Waals surface area contributed by atoms with Crippen LogP contribution in [0.4, 0.5) is 27.6 Å². The van der Waals surface area contributed by atoms with Gasteiger partial charge in [0.2, 0.25) is 5.82 Å². The molecular weight excluding hydrogens is 353 g/mol. The zero-order valence-electron chi connectivity index (χ0n) is 12.3. The molecule has 9 heteroatoms. The number of nitrogens with one attached hydrogen (secondary N) is 1. The number of rotatable bonds is 4. The normalized spacial score (nSPS) is 10.5. The Bertz CT molecular complexity index is 784. The van der Waals surface area contributed by atoms with Crippen LogP contribution in [0, 0.1) is 29.1 Å². The van der Waals surface area contributed by atoms with Gasteiger partial charge in [0.15, 0.2) is 23.3 Å². The SMILES string of the molecule is COc1ccc(OC)c(NC(=S)c2c(F)c(F)c(F)c(F)c2F)c1. The number of benzene rings is 2. The van der Waals surface area contributed by atoms with E-state index in [1.165, 1.54) is 26.4 Å². The van der Waals surface area contributed by atoms with Crippen molar-refractivity contribution in [1.29, 1.82) is 0 Å². The van der Waals surface area contributed by atoms with Crippen LogP contribution in [-0.2, 0) is 0 Å². The predicted octanol–water partition coefficient (Wildman–Crippen LogP) is 4.19. The Kier molecular flexibility index (Phi) is 5.23. The number of ether oxygens (including phenoxy) is 2. The molecule has 128 valence electrons. The van der Waals surface area contributed by atoms with Gasteiger partial charge < -0.3 is 14.8 Å². The van der Waals surface area contributed by atoms with Gasteiger partial charge in [-0.1, -0.05) is 12.2 Å². The van der Waals surface area contributed by atoms with Gasteiger partial charge in [0.05, 0.1) is 25.5 Å². The van der Waals surface area contributed by atoms with E-state index < -0.39 is 39.6 Å². The van der Waals surface area contributed by atoms with Crippen LogP contribution in [0.25, 0.3) is 0 Å². The Morgan fingerprint density at radius 2 is 1.42 bits per heavy atom. The Morgan fingerprint density at radius 3 is 1.92 bits per heavy atom. The zero-order chi connectivity index (χ0) is 18.0. The smallest absolute Gasteiger partial charge is 0.200 e. The van der Waals surface area contributed by atoms with Crippen LogP contribution in [-0.4, -0.2) is 19.2 Å². The fourth-order valence-electron chi connectivity index (χ4n) is 1.90. The van der Waals surface area contributed by atoms with Crippen LogP contribution in [0.3, 0.4) is 0 Å². The van der Waals surface area contributed by atoms with Crippen molar-refractivity contribution >= 4 is 22.9 Å². The van der Waals surface area contributed by atoms with Gasteiger partial charge >= 0.3 is 0 Å². The van der Waals surface area contributed by atoms with E-state index in [1.807, 2.05) is 0 Å². The summed E-state index contributed by atoms with van der Waals surface area (Å²) in [6.07, 6.45) is 0. The van der Waals surface area contributed by atoms with Gasteiger partial charge in [0, 0.05) is 6.07 Å². The highest BCUT2D eigenvalue weighted by atomic mass is 32.1. The van der Waals surface area contributed by atoms with Crippen LogP contribution < -0.4 is 14.8 Å². The summed E-state index contributed by atoms with van der Waals surface area (Å²) in [4.78, 5) is -0.700. The van der Waals surface area contributed by atoms with E-state index in [2.05, 4.69) is 5.32 Å². The van der Waals surface area contributed by atoms with Crippen molar-refractivity contribution in [2.24, 2.45) is 0 Å². The van der Waals surface area contributed by atoms with Crippen LogP contribution in [0.5, 0.6) is 11.5 Å². The molecule has 1 N–H and O–H groups in total. The van der Waals surface area contributed by atoms with Gasteiger partial charge in [-0.3, -0.25) is 0 Å². The lowest BCUT2D eigenvalue weighted by Gasteiger charge is -2.15. The lowest BCUT2D eigenvalue weighted by molar-refractivity contribution is 0.377. The van der Waals surface area contributed by atoms with Gasteiger partial charge in [-0.15, -0.1) is 0 Å². The molecule has 0 aromatic heterocycles. The van der Waals surface area contributed by atoms with E-state index in [0.717, 1.165) is 0 Å². The first-order valence-electron chi connectivity index (χ1n) is 6.36. The molecule has 0 atom stereocenters. The number of halogens is 5. The summed E-state index contributed by atoms with van der Waals surface area (Å²) < 4.78 is 77.2. The molecular formula is C15H10F5NO2S. The average Bonchev–Trinajstić information content (AvgIpc) is 2.58. The quantitative estimate of drug-likeness (QED) is 0.382. The maximum atomic E-state index is 13.8. The van der Waals surface area contributed by atoms with E-state index in [1.54, 1.807) is 6.07 Å². The number of thiocarbonyl (C=S) groups is 1. The first-order valence-corrected chi connectivity index (χ1v) is 6.77. The average molecular weight is 363 g/mol. The molecule has 3 nitrogen and oxygen atoms in total. The van der Waals surface area contributed by atoms with E-state index in [9.17, 15) is 22.0 Å². The summed E-state index contributed by atoms with van der Waals surface area (Å²) >= 11 is 4.78. The Hall–Kier alpha value is -2.42. The summed E-state index contributed by atoms with van der Waals surface area (Å²) in [5, 5.41) is 2.40. The third-order valence-electron chi connectivity index (χ3n) is 3.09. The molecule has 0 bridgehead atoms. The van der Waals surface area contributed by atoms with E-state index in [-0.39, 0.29) is 11.4 Å². The third kappa shape index (κ3) is 3.12. The number of methoxy groups -OCH3 is 2. The molecule has 0 radical (unpaired) electrons. The number of hydrogen-bond acceptors (Lipinski definition) is 3. The van der Waals surface area contributed by atoms with Crippen molar-refractivity contribution in [1.82, 2.24) is 0 Å². The van der Waals surface area contributed by atoms with Gasteiger partial charge in [0.1, 0.15) is 16.5 Å². The second kappa shape index (κ2) is 7.00. The minimum atomic E-state index is -2.25. The van der Waals surface area contributed by atoms with Crippen LogP contribution in [0.15, 0.2) is 18.2 Å². The van der Waals surface area contributed by atoms with Gasteiger partial charge in [-0.25, -0.2) is 22.0 Å². The maximum Gasteiger partial charge on any atom is 0.200 e. The molecule has 0 spiro atoms. The highest BCUT2D eigenvalue weighted by molar-refractivity contribution is 7.81. The standard InChI is InChI=1S/C15H10F5NO2S/c1-22-6-3-4-8(23-2)7(5-6)21-15(24)9-10(16)12(18)14(20)13(19)11(9)17/h3-5H,1-2H3,(H,21,24). The van der Waals surface area contributed by atoms with Gasteiger partial charge in [-0.05, 0) is 12.1 Å². The summed E-state index contributed by atoms with van der Waals surface area (Å²) in [6.45, 7) is 0. The molecule has 0 amide bonds. The van der Waals surface area contributed by atoms with Crippen LogP contribution >= 0.6 is 12.2 Å². The highest BCUT2D eigenvalue weighted by Gasteiger charge is 2.28. The number of hydrogen-bond donors (Lipinski definition) is 1. The van der Waals surface area contributed by atoms with E-state index in [0.29, 0.717) is 5.75 Å². The molecule has 0 saturated carbocycles. The first-order chi connectivity index (χ1) is 11.3. The number of anilines is 1. The van der Waals surface area contributed by atoms with Crippen molar-refractivity contribution in [3.05, 3.63) is 52.8 Å². The monoisotopic (exact) mass is 363 g/mol. The lowest BCUT2D eigenvalue weighted by atomic mass is 10.1. The molecule has 0 saturated heterocycles. The summed E-state index contributed by atoms with van der Waals surface area (Å²) in [7, 11) is 2.71. The highest BCUT2D eigenvalue weighted by Crippen LogP contribution is 2.31. The Balaban J connectivity index is 2.49. The topological polar surface area (TPSA) is 30.5 Å². The fraction of sp³-hybridized carbons (Fsp3) is 0.133.